The Labute approximate surface area is 197 Å². The highest BCUT2D eigenvalue weighted by Crippen LogP contribution is 2.36. The fraction of sp³-hybridized carbons (Fsp3) is 0.381. The average Bonchev–Trinajstić information content (AvgIpc) is 3.50. The zero-order valence-corrected chi connectivity index (χ0v) is 19.0. The van der Waals surface area contributed by atoms with Gasteiger partial charge in [-0.15, -0.1) is 5.10 Å². The van der Waals surface area contributed by atoms with E-state index in [4.69, 9.17) is 16.3 Å². The number of aromatic nitrogens is 5. The maximum Gasteiger partial charge on any atom is 0.435 e. The second-order valence-corrected chi connectivity index (χ2v) is 8.41. The Kier molecular flexibility index (Phi) is 6.60. The predicted molar refractivity (Wildman–Crippen MR) is 117 cm³/mol. The molecule has 2 N–H and O–H groups in total. The summed E-state index contributed by atoms with van der Waals surface area (Å²) in [5.41, 5.74) is 0.0749. The lowest BCUT2D eigenvalue weighted by Gasteiger charge is -2.11. The van der Waals surface area contributed by atoms with Crippen molar-refractivity contribution in [3.63, 3.8) is 0 Å². The van der Waals surface area contributed by atoms with Gasteiger partial charge in [0.2, 0.25) is 5.88 Å². The molecule has 3 heterocycles. The highest BCUT2D eigenvalue weighted by atomic mass is 35.5. The van der Waals surface area contributed by atoms with Crippen molar-refractivity contribution < 1.29 is 22.7 Å². The van der Waals surface area contributed by atoms with Crippen molar-refractivity contribution in [1.29, 1.82) is 0 Å². The molecule has 1 fully saturated rings. The molecule has 180 valence electrons. The maximum absolute atomic E-state index is 13.3. The standard InChI is InChI=1S/C21H21ClF3N7O2/c1-11-5-14(29-30-17(11)15-9-32(2)31-18(15)21(23,24)25)8-27-20(33)28-13-6-16(22)19(26-7-13)34-10-12-3-4-12/h5-7,9,12H,3-4,8,10H2,1-2H3,(H2,27,28,33). The highest BCUT2D eigenvalue weighted by Gasteiger charge is 2.38. The lowest BCUT2D eigenvalue weighted by atomic mass is 10.1. The lowest BCUT2D eigenvalue weighted by molar-refractivity contribution is -0.141. The van der Waals surface area contributed by atoms with Gasteiger partial charge in [0.25, 0.3) is 0 Å². The smallest absolute Gasteiger partial charge is 0.435 e. The van der Waals surface area contributed by atoms with Crippen LogP contribution in [0, 0.1) is 12.8 Å². The number of amides is 2. The molecule has 34 heavy (non-hydrogen) atoms. The fourth-order valence-electron chi connectivity index (χ4n) is 3.19. The maximum atomic E-state index is 13.3. The van der Waals surface area contributed by atoms with Crippen LogP contribution in [0.25, 0.3) is 11.3 Å². The SMILES string of the molecule is Cc1cc(CNC(=O)Nc2cnc(OCC3CC3)c(Cl)c2)nnc1-c1cn(C)nc1C(F)(F)F. The molecule has 9 nitrogen and oxygen atoms in total. The molecule has 0 atom stereocenters. The number of rotatable bonds is 7. The summed E-state index contributed by atoms with van der Waals surface area (Å²) in [6.07, 6.45) is 0.331. The second-order valence-electron chi connectivity index (χ2n) is 8.00. The summed E-state index contributed by atoms with van der Waals surface area (Å²) in [7, 11) is 1.40. The van der Waals surface area contributed by atoms with Crippen molar-refractivity contribution in [2.45, 2.75) is 32.5 Å². The van der Waals surface area contributed by atoms with Crippen LogP contribution in [-0.4, -0.2) is 37.6 Å². The molecule has 1 saturated carbocycles. The molecule has 0 aromatic carbocycles. The number of halogens is 4. The normalized spacial score (nSPS) is 13.6. The number of nitrogens with one attached hydrogen (secondary N) is 2. The number of carbonyl (C=O) groups excluding carboxylic acids is 1. The van der Waals surface area contributed by atoms with E-state index < -0.39 is 17.9 Å². The first kappa shape index (κ1) is 23.7. The first-order chi connectivity index (χ1) is 16.1. The van der Waals surface area contributed by atoms with Crippen molar-refractivity contribution in [3.05, 3.63) is 46.5 Å². The van der Waals surface area contributed by atoms with Crippen LogP contribution >= 0.6 is 11.6 Å². The lowest BCUT2D eigenvalue weighted by Crippen LogP contribution is -2.28. The number of pyridine rings is 1. The van der Waals surface area contributed by atoms with Crippen molar-refractivity contribution in [1.82, 2.24) is 30.3 Å². The van der Waals surface area contributed by atoms with E-state index in [-0.39, 0.29) is 22.8 Å². The molecule has 0 bridgehead atoms. The quantitative estimate of drug-likeness (QED) is 0.504. The van der Waals surface area contributed by atoms with E-state index in [2.05, 4.69) is 30.9 Å². The van der Waals surface area contributed by atoms with Crippen molar-refractivity contribution in [3.8, 4) is 17.1 Å². The van der Waals surface area contributed by atoms with Gasteiger partial charge in [0.15, 0.2) is 5.69 Å². The first-order valence-electron chi connectivity index (χ1n) is 10.4. The fourth-order valence-corrected chi connectivity index (χ4v) is 3.41. The zero-order chi connectivity index (χ0) is 24.5. The van der Waals surface area contributed by atoms with Gasteiger partial charge in [0, 0.05) is 13.2 Å². The molecule has 0 aliphatic heterocycles. The van der Waals surface area contributed by atoms with E-state index in [0.717, 1.165) is 17.5 Å². The van der Waals surface area contributed by atoms with E-state index in [0.29, 0.717) is 35.3 Å². The summed E-state index contributed by atoms with van der Waals surface area (Å²) < 4.78 is 46.4. The van der Waals surface area contributed by atoms with E-state index in [1.807, 2.05) is 0 Å². The largest absolute Gasteiger partial charge is 0.476 e. The van der Waals surface area contributed by atoms with Gasteiger partial charge < -0.3 is 15.4 Å². The Hall–Kier alpha value is -3.41. The van der Waals surface area contributed by atoms with Crippen LogP contribution < -0.4 is 15.4 Å². The van der Waals surface area contributed by atoms with E-state index in [1.165, 1.54) is 25.5 Å². The molecule has 0 unspecified atom stereocenters. The van der Waals surface area contributed by atoms with E-state index in [1.54, 1.807) is 13.0 Å². The molecule has 0 radical (unpaired) electrons. The minimum absolute atomic E-state index is 0.00284. The van der Waals surface area contributed by atoms with Gasteiger partial charge in [-0.2, -0.15) is 23.4 Å². The van der Waals surface area contributed by atoms with Crippen LogP contribution in [-0.2, 0) is 19.8 Å². The van der Waals surface area contributed by atoms with Crippen LogP contribution in [0.2, 0.25) is 5.02 Å². The topological polar surface area (TPSA) is 107 Å². The number of nitrogens with zero attached hydrogens (tertiary/aromatic N) is 5. The molecule has 4 rings (SSSR count). The summed E-state index contributed by atoms with van der Waals surface area (Å²) in [5, 5.41) is 16.9. The summed E-state index contributed by atoms with van der Waals surface area (Å²) in [6.45, 7) is 2.18. The average molecular weight is 496 g/mol. The first-order valence-corrected chi connectivity index (χ1v) is 10.8. The van der Waals surface area contributed by atoms with Crippen molar-refractivity contribution in [2.75, 3.05) is 11.9 Å². The van der Waals surface area contributed by atoms with Crippen LogP contribution in [0.3, 0.4) is 0 Å². The Morgan fingerprint density at radius 3 is 2.71 bits per heavy atom. The number of anilines is 1. The predicted octanol–water partition coefficient (Wildman–Crippen LogP) is 4.36. The minimum Gasteiger partial charge on any atom is -0.476 e. The number of hydrogen-bond acceptors (Lipinski definition) is 6. The van der Waals surface area contributed by atoms with Crippen LogP contribution in [0.4, 0.5) is 23.7 Å². The molecule has 13 heteroatoms. The number of carbonyl (C=O) groups is 1. The summed E-state index contributed by atoms with van der Waals surface area (Å²) >= 11 is 6.16. The second kappa shape index (κ2) is 9.45. The van der Waals surface area contributed by atoms with Gasteiger partial charge in [-0.05, 0) is 43.4 Å². The van der Waals surface area contributed by atoms with Gasteiger partial charge in [-0.1, -0.05) is 11.6 Å². The Morgan fingerprint density at radius 2 is 2.06 bits per heavy atom. The molecular weight excluding hydrogens is 475 g/mol. The van der Waals surface area contributed by atoms with Gasteiger partial charge in [-0.25, -0.2) is 9.78 Å². The van der Waals surface area contributed by atoms with E-state index in [9.17, 15) is 18.0 Å². The highest BCUT2D eigenvalue weighted by molar-refractivity contribution is 6.32. The molecule has 0 spiro atoms. The molecular formula is C21H21ClF3N7O2. The summed E-state index contributed by atoms with van der Waals surface area (Å²) in [4.78, 5) is 16.3. The number of aryl methyl sites for hydroxylation is 2. The Morgan fingerprint density at radius 1 is 1.29 bits per heavy atom. The molecule has 3 aromatic rings. The summed E-state index contributed by atoms with van der Waals surface area (Å²) in [6, 6.07) is 2.54. The third-order valence-electron chi connectivity index (χ3n) is 5.04. The van der Waals surface area contributed by atoms with Gasteiger partial charge in [-0.3, -0.25) is 4.68 Å². The molecule has 2 amide bonds. The number of ether oxygens (including phenoxy) is 1. The van der Waals surface area contributed by atoms with Crippen LogP contribution in [0.15, 0.2) is 24.5 Å². The van der Waals surface area contributed by atoms with Gasteiger partial charge >= 0.3 is 12.2 Å². The van der Waals surface area contributed by atoms with Crippen LogP contribution in [0.1, 0.15) is 29.8 Å². The molecule has 1 aliphatic carbocycles. The molecule has 1 aliphatic rings. The van der Waals surface area contributed by atoms with Crippen molar-refractivity contribution >= 4 is 23.3 Å². The monoisotopic (exact) mass is 495 g/mol. The Balaban J connectivity index is 1.36. The third kappa shape index (κ3) is 5.74. The van der Waals surface area contributed by atoms with Gasteiger partial charge in [0.1, 0.15) is 5.02 Å². The van der Waals surface area contributed by atoms with Gasteiger partial charge in [0.05, 0.1) is 42.0 Å². The van der Waals surface area contributed by atoms with Crippen LogP contribution in [0.5, 0.6) is 5.88 Å². The minimum atomic E-state index is -4.62. The Bertz CT molecular complexity index is 1210. The third-order valence-corrected chi connectivity index (χ3v) is 5.31. The van der Waals surface area contributed by atoms with E-state index >= 15 is 0 Å². The molecule has 3 aromatic heterocycles. The number of alkyl halides is 3. The summed E-state index contributed by atoms with van der Waals surface area (Å²) in [5.74, 6) is 0.867. The number of urea groups is 1. The van der Waals surface area contributed by atoms with Crippen molar-refractivity contribution in [2.24, 2.45) is 13.0 Å². The molecule has 0 saturated heterocycles. The zero-order valence-electron chi connectivity index (χ0n) is 18.3. The number of hydrogen-bond donors (Lipinski definition) is 2.